The summed E-state index contributed by atoms with van der Waals surface area (Å²) in [5.41, 5.74) is 0.303. The van der Waals surface area contributed by atoms with Crippen molar-refractivity contribution in [3.05, 3.63) is 34.1 Å². The van der Waals surface area contributed by atoms with E-state index in [-0.39, 0.29) is 11.2 Å². The Hall–Kier alpha value is -0.920. The van der Waals surface area contributed by atoms with Crippen LogP contribution in [0.5, 0.6) is 0 Å². The summed E-state index contributed by atoms with van der Waals surface area (Å²) < 4.78 is 14.3. The molecule has 1 aromatic rings. The van der Waals surface area contributed by atoms with E-state index in [0.717, 1.165) is 10.9 Å². The van der Waals surface area contributed by atoms with Crippen LogP contribution < -0.4 is 5.32 Å². The molecule has 0 heterocycles. The monoisotopic (exact) mass is 298 g/mol. The molecule has 0 saturated heterocycles. The Morgan fingerprint density at radius 2 is 2.18 bits per heavy atom. The highest BCUT2D eigenvalue weighted by Crippen LogP contribution is 2.18. The highest BCUT2D eigenvalue weighted by molar-refractivity contribution is 9.10. The Labute approximate surface area is 110 Å². The SMILES string of the molecule is CC(C)(C#N)CCNCc1cc(Br)ccc1F. The molecule has 0 aliphatic heterocycles. The second kappa shape index (κ2) is 6.13. The first kappa shape index (κ1) is 14.1. The van der Waals surface area contributed by atoms with Crippen LogP contribution in [0.3, 0.4) is 0 Å². The largest absolute Gasteiger partial charge is 0.313 e. The van der Waals surface area contributed by atoms with E-state index in [9.17, 15) is 4.39 Å². The van der Waals surface area contributed by atoms with Crippen molar-refractivity contribution in [2.45, 2.75) is 26.8 Å². The molecule has 0 atom stereocenters. The second-order valence-electron chi connectivity index (χ2n) is 4.66. The normalized spacial score (nSPS) is 11.2. The molecule has 1 rings (SSSR count). The fourth-order valence-corrected chi connectivity index (χ4v) is 1.77. The minimum atomic E-state index is -0.331. The van der Waals surface area contributed by atoms with Crippen molar-refractivity contribution in [1.29, 1.82) is 5.26 Å². The van der Waals surface area contributed by atoms with Gasteiger partial charge in [0.15, 0.2) is 0 Å². The molecule has 0 aromatic heterocycles. The molecule has 1 aromatic carbocycles. The topological polar surface area (TPSA) is 35.8 Å². The van der Waals surface area contributed by atoms with Gasteiger partial charge in [-0.1, -0.05) is 15.9 Å². The molecule has 0 bridgehead atoms. The molecule has 1 N–H and O–H groups in total. The summed E-state index contributed by atoms with van der Waals surface area (Å²) in [7, 11) is 0. The number of halogens is 2. The van der Waals surface area contributed by atoms with E-state index in [4.69, 9.17) is 5.26 Å². The summed E-state index contributed by atoms with van der Waals surface area (Å²) in [6.07, 6.45) is 0.749. The van der Waals surface area contributed by atoms with Crippen molar-refractivity contribution in [3.63, 3.8) is 0 Å². The molecule has 0 unspecified atom stereocenters. The quantitative estimate of drug-likeness (QED) is 0.843. The zero-order chi connectivity index (χ0) is 12.9. The maximum atomic E-state index is 13.4. The van der Waals surface area contributed by atoms with E-state index in [1.54, 1.807) is 12.1 Å². The van der Waals surface area contributed by atoms with Crippen molar-refractivity contribution in [2.24, 2.45) is 5.41 Å². The van der Waals surface area contributed by atoms with Crippen molar-refractivity contribution in [3.8, 4) is 6.07 Å². The highest BCUT2D eigenvalue weighted by Gasteiger charge is 2.15. The van der Waals surface area contributed by atoms with Crippen molar-refractivity contribution in [2.75, 3.05) is 6.54 Å². The predicted molar refractivity (Wildman–Crippen MR) is 69.8 cm³/mol. The van der Waals surface area contributed by atoms with Crippen LogP contribution in [0.25, 0.3) is 0 Å². The van der Waals surface area contributed by atoms with Crippen LogP contribution in [0.2, 0.25) is 0 Å². The molecule has 0 fully saturated rings. The van der Waals surface area contributed by atoms with Crippen LogP contribution in [-0.4, -0.2) is 6.54 Å². The summed E-state index contributed by atoms with van der Waals surface area (Å²) in [5, 5.41) is 12.0. The predicted octanol–water partition coefficient (Wildman–Crippen LogP) is 3.62. The van der Waals surface area contributed by atoms with E-state index < -0.39 is 0 Å². The lowest BCUT2D eigenvalue weighted by atomic mass is 9.91. The maximum absolute atomic E-state index is 13.4. The second-order valence-corrected chi connectivity index (χ2v) is 5.57. The average molecular weight is 299 g/mol. The van der Waals surface area contributed by atoms with Crippen LogP contribution in [0, 0.1) is 22.6 Å². The molecule has 92 valence electrons. The summed E-state index contributed by atoms with van der Waals surface area (Å²) in [6, 6.07) is 7.12. The van der Waals surface area contributed by atoms with E-state index in [1.807, 2.05) is 13.8 Å². The van der Waals surface area contributed by atoms with Gasteiger partial charge in [0.1, 0.15) is 5.82 Å². The molecule has 0 amide bonds. The first-order valence-corrected chi connectivity index (χ1v) is 6.30. The number of nitrogens with zero attached hydrogens (tertiary/aromatic N) is 1. The van der Waals surface area contributed by atoms with Gasteiger partial charge in [0, 0.05) is 16.6 Å². The smallest absolute Gasteiger partial charge is 0.127 e. The number of nitriles is 1. The van der Waals surface area contributed by atoms with Crippen LogP contribution in [0.4, 0.5) is 4.39 Å². The Balaban J connectivity index is 2.42. The van der Waals surface area contributed by atoms with E-state index in [0.29, 0.717) is 18.7 Å². The fourth-order valence-electron chi connectivity index (χ4n) is 1.36. The standard InChI is InChI=1S/C13H16BrFN2/c1-13(2,9-16)5-6-17-8-10-7-11(14)3-4-12(10)15/h3-4,7,17H,5-6,8H2,1-2H3. The zero-order valence-electron chi connectivity index (χ0n) is 10.1. The van der Waals surface area contributed by atoms with Gasteiger partial charge in [-0.15, -0.1) is 0 Å². The summed E-state index contributed by atoms with van der Waals surface area (Å²) in [5.74, 6) is -0.208. The fraction of sp³-hybridized carbons (Fsp3) is 0.462. The zero-order valence-corrected chi connectivity index (χ0v) is 11.6. The van der Waals surface area contributed by atoms with Crippen molar-refractivity contribution in [1.82, 2.24) is 5.32 Å². The van der Waals surface area contributed by atoms with Crippen LogP contribution in [-0.2, 0) is 6.54 Å². The third-order valence-electron chi connectivity index (χ3n) is 2.55. The molecule has 0 aliphatic carbocycles. The first-order chi connectivity index (χ1) is 7.94. The summed E-state index contributed by atoms with van der Waals surface area (Å²) in [6.45, 7) is 4.97. The number of hydrogen-bond acceptors (Lipinski definition) is 2. The van der Waals surface area contributed by atoms with E-state index in [2.05, 4.69) is 27.3 Å². The minimum Gasteiger partial charge on any atom is -0.313 e. The lowest BCUT2D eigenvalue weighted by Gasteiger charge is -2.15. The van der Waals surface area contributed by atoms with Gasteiger partial charge in [-0.25, -0.2) is 4.39 Å². The molecule has 2 nitrogen and oxygen atoms in total. The molecule has 17 heavy (non-hydrogen) atoms. The third kappa shape index (κ3) is 4.84. The Morgan fingerprint density at radius 1 is 1.47 bits per heavy atom. The highest BCUT2D eigenvalue weighted by atomic mass is 79.9. The number of nitrogens with one attached hydrogen (secondary N) is 1. The summed E-state index contributed by atoms with van der Waals surface area (Å²) in [4.78, 5) is 0. The average Bonchev–Trinajstić information content (AvgIpc) is 2.29. The molecular formula is C13H16BrFN2. The van der Waals surface area contributed by atoms with Gasteiger partial charge in [-0.05, 0) is 45.0 Å². The van der Waals surface area contributed by atoms with Gasteiger partial charge in [-0.2, -0.15) is 5.26 Å². The molecular weight excluding hydrogens is 283 g/mol. The lowest BCUT2D eigenvalue weighted by molar-refractivity contribution is 0.431. The van der Waals surface area contributed by atoms with Crippen LogP contribution in [0.1, 0.15) is 25.8 Å². The first-order valence-electron chi connectivity index (χ1n) is 5.50. The van der Waals surface area contributed by atoms with E-state index in [1.165, 1.54) is 6.07 Å². The van der Waals surface area contributed by atoms with Gasteiger partial charge in [0.2, 0.25) is 0 Å². The Kier molecular flexibility index (Phi) is 5.10. The van der Waals surface area contributed by atoms with Gasteiger partial charge in [-0.3, -0.25) is 0 Å². The maximum Gasteiger partial charge on any atom is 0.127 e. The number of rotatable bonds is 5. The van der Waals surface area contributed by atoms with Crippen LogP contribution in [0.15, 0.2) is 22.7 Å². The number of benzene rings is 1. The Morgan fingerprint density at radius 3 is 2.82 bits per heavy atom. The molecule has 0 radical (unpaired) electrons. The van der Waals surface area contributed by atoms with E-state index >= 15 is 0 Å². The molecule has 0 saturated carbocycles. The Bertz CT molecular complexity index is 424. The van der Waals surface area contributed by atoms with Gasteiger partial charge < -0.3 is 5.32 Å². The number of hydrogen-bond donors (Lipinski definition) is 1. The molecule has 0 aliphatic rings. The molecule has 0 spiro atoms. The van der Waals surface area contributed by atoms with Gasteiger partial charge >= 0.3 is 0 Å². The van der Waals surface area contributed by atoms with Crippen LogP contribution >= 0.6 is 15.9 Å². The van der Waals surface area contributed by atoms with Crippen molar-refractivity contribution < 1.29 is 4.39 Å². The lowest BCUT2D eigenvalue weighted by Crippen LogP contribution is -2.21. The van der Waals surface area contributed by atoms with Gasteiger partial charge in [0.05, 0.1) is 11.5 Å². The van der Waals surface area contributed by atoms with Crippen molar-refractivity contribution >= 4 is 15.9 Å². The third-order valence-corrected chi connectivity index (χ3v) is 3.05. The minimum absolute atomic E-state index is 0.208. The molecule has 4 heteroatoms. The summed E-state index contributed by atoms with van der Waals surface area (Å²) >= 11 is 3.31. The van der Waals surface area contributed by atoms with Gasteiger partial charge in [0.25, 0.3) is 0 Å².